The summed E-state index contributed by atoms with van der Waals surface area (Å²) < 4.78 is 3.03. The minimum atomic E-state index is 0.160. The fourth-order valence-electron chi connectivity index (χ4n) is 15.7. The molecule has 3 aromatic rings. The number of unbranched alkanes of at least 4 members (excludes halogenated alkanes) is 52. The fourth-order valence-corrected chi connectivity index (χ4v) is 19.7. The van der Waals surface area contributed by atoms with E-state index in [0.29, 0.717) is 0 Å². The van der Waals surface area contributed by atoms with Crippen molar-refractivity contribution in [3.63, 3.8) is 0 Å². The van der Waals surface area contributed by atoms with Crippen LogP contribution in [-0.4, -0.2) is 0 Å². The molecule has 0 radical (unpaired) electrons. The Morgan fingerprint density at radius 1 is 0.226 bits per heavy atom. The van der Waals surface area contributed by atoms with Gasteiger partial charge in [0.25, 0.3) is 0 Å². The molecule has 5 rings (SSSR count). The molecule has 0 atom stereocenters. The summed E-state index contributed by atoms with van der Waals surface area (Å²) in [5.74, 6) is 0. The van der Waals surface area contributed by atoms with E-state index in [-0.39, 0.29) is 10.8 Å². The molecular weight excluding hydrogens is 1280 g/mol. The second-order valence-corrected chi connectivity index (χ2v) is 34.0. The van der Waals surface area contributed by atoms with Crippen LogP contribution in [0, 0.1) is 5.77 Å². The molecular formula is C80H136I2S2. The van der Waals surface area contributed by atoms with Crippen LogP contribution >= 0.6 is 67.9 Å². The van der Waals surface area contributed by atoms with Crippen molar-refractivity contribution in [2.45, 2.75) is 424 Å². The van der Waals surface area contributed by atoms with Gasteiger partial charge in [-0.3, -0.25) is 0 Å². The highest BCUT2D eigenvalue weighted by molar-refractivity contribution is 14.1. The summed E-state index contributed by atoms with van der Waals surface area (Å²) in [5.41, 5.74) is 10.6. The monoisotopic (exact) mass is 1410 g/mol. The molecule has 1 aromatic carbocycles. The molecule has 0 nitrogen and oxygen atoms in total. The van der Waals surface area contributed by atoms with Gasteiger partial charge in [-0.1, -0.05) is 387 Å². The van der Waals surface area contributed by atoms with Crippen LogP contribution in [0.3, 0.4) is 0 Å². The molecule has 84 heavy (non-hydrogen) atoms. The Kier molecular flexibility index (Phi) is 42.7. The highest BCUT2D eigenvalue weighted by Gasteiger charge is 2.49. The number of hydrogen-bond donors (Lipinski definition) is 0. The molecule has 4 heteroatoms. The number of fused-ring (bicyclic) bond motifs is 6. The first-order chi connectivity index (χ1) is 41.5. The normalized spacial score (nSPS) is 13.8. The van der Waals surface area contributed by atoms with E-state index in [0.717, 1.165) is 0 Å². The SMILES string of the molecule is CCCCCCCCCCCCCCCCC1(CCCCCCCCCCCCCCCC)c2cc3c(cc2-c2sc(I)cc21)C(CCCCCCCCCCCCCCCC)(CCCCCCCCCCCCCCCC)c1cc(I)sc1-3. The third kappa shape index (κ3) is 27.5. The number of benzene rings is 1. The molecule has 2 aromatic heterocycles. The summed E-state index contributed by atoms with van der Waals surface area (Å²) in [7, 11) is 0. The maximum atomic E-state index is 2.90. The third-order valence-electron chi connectivity index (χ3n) is 20.9. The first-order valence-corrected chi connectivity index (χ1v) is 42.0. The Bertz CT molecular complexity index is 1830. The Balaban J connectivity index is 1.28. The first-order valence-electron chi connectivity index (χ1n) is 38.2. The molecule has 0 saturated heterocycles. The lowest BCUT2D eigenvalue weighted by atomic mass is 9.68. The lowest BCUT2D eigenvalue weighted by Gasteiger charge is -2.34. The van der Waals surface area contributed by atoms with Gasteiger partial charge in [-0.15, -0.1) is 22.7 Å². The van der Waals surface area contributed by atoms with E-state index in [1.54, 1.807) is 43.1 Å². The maximum absolute atomic E-state index is 2.90. The zero-order chi connectivity index (χ0) is 59.4. The Morgan fingerprint density at radius 2 is 0.393 bits per heavy atom. The van der Waals surface area contributed by atoms with Gasteiger partial charge in [-0.05, 0) is 129 Å². The maximum Gasteiger partial charge on any atom is 0.0663 e. The second-order valence-electron chi connectivity index (χ2n) is 28.1. The summed E-state index contributed by atoms with van der Waals surface area (Å²) >= 11 is 9.72. The van der Waals surface area contributed by atoms with Gasteiger partial charge in [-0.25, -0.2) is 0 Å². The summed E-state index contributed by atoms with van der Waals surface area (Å²) in [6.45, 7) is 9.34. The Hall–Kier alpha value is 0.0800. The minimum Gasteiger partial charge on any atom is -0.129 e. The molecule has 0 amide bonds. The molecule has 0 aliphatic heterocycles. The van der Waals surface area contributed by atoms with E-state index in [1.807, 2.05) is 0 Å². The van der Waals surface area contributed by atoms with Crippen LogP contribution < -0.4 is 0 Å². The van der Waals surface area contributed by atoms with Gasteiger partial charge in [0.2, 0.25) is 0 Å². The topological polar surface area (TPSA) is 0 Å². The number of thiophene rings is 2. The third-order valence-corrected chi connectivity index (χ3v) is 24.8. The van der Waals surface area contributed by atoms with Gasteiger partial charge < -0.3 is 0 Å². The van der Waals surface area contributed by atoms with E-state index in [1.165, 1.54) is 391 Å². The van der Waals surface area contributed by atoms with Crippen molar-refractivity contribution < 1.29 is 0 Å². The Labute approximate surface area is 559 Å². The predicted molar refractivity (Wildman–Crippen MR) is 400 cm³/mol. The van der Waals surface area contributed by atoms with Crippen LogP contribution in [0.4, 0.5) is 0 Å². The molecule has 0 bridgehead atoms. The lowest BCUT2D eigenvalue weighted by Crippen LogP contribution is -2.27. The predicted octanol–water partition coefficient (Wildman–Crippen LogP) is 31.0. The molecule has 0 spiro atoms. The van der Waals surface area contributed by atoms with Gasteiger partial charge >= 0.3 is 0 Å². The average Bonchev–Trinajstić information content (AvgIpc) is 1.66. The summed E-state index contributed by atoms with van der Waals surface area (Å²) in [6.07, 6.45) is 85.8. The van der Waals surface area contributed by atoms with Crippen molar-refractivity contribution in [2.24, 2.45) is 0 Å². The van der Waals surface area contributed by atoms with Crippen LogP contribution in [-0.2, 0) is 10.8 Å². The second kappa shape index (κ2) is 47.9. The van der Waals surface area contributed by atoms with E-state index < -0.39 is 0 Å². The van der Waals surface area contributed by atoms with Gasteiger partial charge in [0.05, 0.1) is 5.77 Å². The van der Waals surface area contributed by atoms with Crippen molar-refractivity contribution in [3.05, 3.63) is 52.3 Å². The summed E-state index contributed by atoms with van der Waals surface area (Å²) in [5, 5.41) is 0. The fraction of sp³-hybridized carbons (Fsp3) is 0.825. The van der Waals surface area contributed by atoms with Crippen LogP contribution in [0.2, 0.25) is 0 Å². The van der Waals surface area contributed by atoms with Gasteiger partial charge in [0.1, 0.15) is 0 Å². The number of hydrogen-bond acceptors (Lipinski definition) is 2. The zero-order valence-corrected chi connectivity index (χ0v) is 62.3. The first kappa shape index (κ1) is 74.8. The highest BCUT2D eigenvalue weighted by atomic mass is 127. The molecule has 2 heterocycles. The number of rotatable bonds is 60. The Morgan fingerprint density at radius 3 is 0.571 bits per heavy atom. The van der Waals surface area contributed by atoms with Crippen LogP contribution in [0.1, 0.15) is 435 Å². The molecule has 0 N–H and O–H groups in total. The van der Waals surface area contributed by atoms with E-state index in [9.17, 15) is 0 Å². The molecule has 482 valence electrons. The smallest absolute Gasteiger partial charge is 0.0663 e. The van der Waals surface area contributed by atoms with Crippen molar-refractivity contribution >= 4 is 67.9 Å². The van der Waals surface area contributed by atoms with Gasteiger partial charge in [0, 0.05) is 20.6 Å². The minimum absolute atomic E-state index is 0.160. The molecule has 2 aliphatic rings. The van der Waals surface area contributed by atoms with E-state index in [2.05, 4.69) is 120 Å². The van der Waals surface area contributed by atoms with Gasteiger partial charge in [0.15, 0.2) is 0 Å². The summed E-state index contributed by atoms with van der Waals surface area (Å²) in [6, 6.07) is 11.2. The quantitative estimate of drug-likeness (QED) is 0.0390. The van der Waals surface area contributed by atoms with Crippen molar-refractivity contribution in [3.8, 4) is 20.9 Å². The van der Waals surface area contributed by atoms with Crippen molar-refractivity contribution in [1.82, 2.24) is 0 Å². The average molecular weight is 1420 g/mol. The van der Waals surface area contributed by atoms with Crippen molar-refractivity contribution in [2.75, 3.05) is 0 Å². The molecule has 0 unspecified atom stereocenters. The molecule has 0 saturated carbocycles. The highest BCUT2D eigenvalue weighted by Crippen LogP contribution is 2.63. The van der Waals surface area contributed by atoms with Gasteiger partial charge in [-0.2, -0.15) is 0 Å². The lowest BCUT2D eigenvalue weighted by molar-refractivity contribution is 0.394. The van der Waals surface area contributed by atoms with E-state index >= 15 is 0 Å². The standard InChI is InChI=1S/C80H136I2S2/c1-5-9-13-17-21-25-29-33-37-41-45-49-53-57-61-79(62-58-54-50-46-42-38-34-30-26-22-18-14-10-6-2)71-65-70-72(66-69(71)77-73(79)67-75(81)83-77)80(74-68-76(82)84-78(70)74,63-59-55-51-47-43-39-35-31-27-23-19-15-11-7-3)64-60-56-52-48-44-40-36-32-28-24-20-16-12-8-4/h65-68H,5-64H2,1-4H3. The van der Waals surface area contributed by atoms with Crippen LogP contribution in [0.15, 0.2) is 24.3 Å². The largest absolute Gasteiger partial charge is 0.129 e. The zero-order valence-electron chi connectivity index (χ0n) is 56.3. The van der Waals surface area contributed by atoms with Crippen LogP contribution in [0.25, 0.3) is 20.9 Å². The van der Waals surface area contributed by atoms with E-state index in [4.69, 9.17) is 0 Å². The van der Waals surface area contributed by atoms with Crippen molar-refractivity contribution in [1.29, 1.82) is 0 Å². The van der Waals surface area contributed by atoms with Crippen LogP contribution in [0.5, 0.6) is 0 Å². The summed E-state index contributed by atoms with van der Waals surface area (Å²) in [4.78, 5) is 3.33. The molecule has 0 fully saturated rings. The number of halogens is 2. The molecule has 2 aliphatic carbocycles.